The molecule has 0 saturated carbocycles. The first-order chi connectivity index (χ1) is 30.2. The number of aliphatic carboxylic acids is 2. The average Bonchev–Trinajstić information content (AvgIpc) is 3.65. The fourth-order valence-corrected chi connectivity index (χ4v) is 7.24. The largest absolute Gasteiger partial charge is 0.481 e. The van der Waals surface area contributed by atoms with Gasteiger partial charge in [-0.3, -0.25) is 42.9 Å². The first kappa shape index (κ1) is 49.7. The summed E-state index contributed by atoms with van der Waals surface area (Å²) in [6.45, 7) is 1.04. The fourth-order valence-electron chi connectivity index (χ4n) is 6.68. The Hall–Kier alpha value is -6.93. The van der Waals surface area contributed by atoms with Crippen molar-refractivity contribution in [1.82, 2.24) is 36.9 Å². The van der Waals surface area contributed by atoms with Crippen molar-refractivity contribution >= 4 is 65.9 Å². The fraction of sp³-hybridized carbons (Fsp3) is 0.333. The minimum atomic E-state index is -4.96. The van der Waals surface area contributed by atoms with Gasteiger partial charge < -0.3 is 62.0 Å². The van der Waals surface area contributed by atoms with E-state index in [9.17, 15) is 68.0 Å². The third-order valence-electron chi connectivity index (χ3n) is 9.92. The number of carbonyl (C=O) groups is 8. The predicted octanol–water partition coefficient (Wildman–Crippen LogP) is -0.106. The van der Waals surface area contributed by atoms with E-state index in [4.69, 9.17) is 0 Å². The second-order valence-electron chi connectivity index (χ2n) is 14.8. The second-order valence-corrected chi connectivity index (χ2v) is 16.5. The monoisotopic (exact) mass is 907 g/mol. The number of carboxylic acids is 2. The van der Waals surface area contributed by atoms with Gasteiger partial charge in [0.15, 0.2) is 5.85 Å². The summed E-state index contributed by atoms with van der Waals surface area (Å²) in [6, 6.07) is 12.9. The smallest absolute Gasteiger partial charge is 0.358 e. The number of hydrogen-bond donors (Lipinski definition) is 12. The molecular weight excluding hydrogens is 857 g/mol. The molecule has 12 N–H and O–H groups in total. The van der Waals surface area contributed by atoms with Gasteiger partial charge in [-0.05, 0) is 34.7 Å². The van der Waals surface area contributed by atoms with Crippen molar-refractivity contribution < 1.29 is 68.0 Å². The normalized spacial score (nSPS) is 14.1. The molecule has 342 valence electrons. The Balaban J connectivity index is 1.66. The van der Waals surface area contributed by atoms with Crippen molar-refractivity contribution in [2.75, 3.05) is 7.05 Å². The molecule has 0 saturated heterocycles. The van der Waals surface area contributed by atoms with E-state index >= 15 is 0 Å². The molecule has 0 aliphatic rings. The summed E-state index contributed by atoms with van der Waals surface area (Å²) in [6.07, 6.45) is -0.814. The number of aromatic nitrogens is 1. The molecule has 4 aromatic rings. The Kier molecular flexibility index (Phi) is 17.8. The minimum absolute atomic E-state index is 0.0110. The number of carbonyl (C=O) groups excluding carboxylic acids is 6. The highest BCUT2D eigenvalue weighted by molar-refractivity contribution is 7.51. The van der Waals surface area contributed by atoms with Gasteiger partial charge in [0.2, 0.25) is 35.4 Å². The Morgan fingerprint density at radius 3 is 1.64 bits per heavy atom. The van der Waals surface area contributed by atoms with Crippen LogP contribution in [-0.4, -0.2) is 115 Å². The molecule has 6 atom stereocenters. The van der Waals surface area contributed by atoms with Crippen LogP contribution in [0.4, 0.5) is 0 Å². The lowest BCUT2D eigenvalue weighted by Gasteiger charge is -2.27. The number of H-pyrrole nitrogens is 1. The maximum absolute atomic E-state index is 14.2. The number of rotatable bonds is 23. The zero-order chi connectivity index (χ0) is 47.1. The number of nitrogens with one attached hydrogen (secondary N) is 7. The number of aliphatic hydroxyl groups is 1. The average molecular weight is 908 g/mol. The van der Waals surface area contributed by atoms with Crippen LogP contribution in [-0.2, 0) is 62.2 Å². The number of fused-ring (bicyclic) bond motifs is 1. The van der Waals surface area contributed by atoms with Crippen molar-refractivity contribution in [3.8, 4) is 0 Å². The third-order valence-corrected chi connectivity index (χ3v) is 10.9. The van der Waals surface area contributed by atoms with E-state index in [1.807, 2.05) is 18.2 Å². The van der Waals surface area contributed by atoms with Crippen LogP contribution < -0.4 is 31.9 Å². The van der Waals surface area contributed by atoms with Crippen LogP contribution in [0.3, 0.4) is 0 Å². The van der Waals surface area contributed by atoms with Crippen molar-refractivity contribution in [2.24, 2.45) is 0 Å². The highest BCUT2D eigenvalue weighted by Gasteiger charge is 2.34. The maximum atomic E-state index is 14.2. The molecule has 64 heavy (non-hydrogen) atoms. The molecule has 1 heterocycles. The second kappa shape index (κ2) is 23.0. The summed E-state index contributed by atoms with van der Waals surface area (Å²) in [7, 11) is -3.60. The Labute approximate surface area is 365 Å². The van der Waals surface area contributed by atoms with E-state index in [0.717, 1.165) is 17.8 Å². The van der Waals surface area contributed by atoms with E-state index in [1.165, 1.54) is 31.3 Å². The molecule has 4 rings (SSSR count). The Morgan fingerprint density at radius 2 is 1.11 bits per heavy atom. The molecular formula is C42H50N7O14P. The zero-order valence-electron chi connectivity index (χ0n) is 34.6. The SMILES string of the molecule is CNC(=O)[C@H](Cc1c[nH]c2ccccc12)NC(=O)[C@H](CCC(=O)O)NC(=O)[C@H](Cc1ccccc1)NC(=O)[C@H](Cc1ccc(C(O)P(=O)(O)O)cc1)NC(=O)[C@H](CC(=O)O)NC(C)=O. The first-order valence-corrected chi connectivity index (χ1v) is 21.5. The molecule has 21 nitrogen and oxygen atoms in total. The maximum Gasteiger partial charge on any atom is 0.358 e. The van der Waals surface area contributed by atoms with Crippen LogP contribution >= 0.6 is 7.60 Å². The number of hydrogen-bond acceptors (Lipinski definition) is 10. The first-order valence-electron chi connectivity index (χ1n) is 19.8. The summed E-state index contributed by atoms with van der Waals surface area (Å²) in [4.78, 5) is 126. The molecule has 0 aliphatic heterocycles. The van der Waals surface area contributed by atoms with Crippen LogP contribution in [0.25, 0.3) is 10.9 Å². The number of likely N-dealkylation sites (N-methyl/N-ethyl adjacent to an activating group) is 1. The number of benzene rings is 3. The van der Waals surface area contributed by atoms with Crippen LogP contribution in [0, 0.1) is 0 Å². The summed E-state index contributed by atoms with van der Waals surface area (Å²) in [5.41, 5.74) is 2.06. The lowest BCUT2D eigenvalue weighted by atomic mass is 10.0. The minimum Gasteiger partial charge on any atom is -0.481 e. The van der Waals surface area contributed by atoms with Crippen molar-refractivity contribution in [2.45, 2.75) is 81.5 Å². The van der Waals surface area contributed by atoms with Crippen LogP contribution in [0.2, 0.25) is 0 Å². The van der Waals surface area contributed by atoms with Gasteiger partial charge in [0, 0.05) is 56.8 Å². The van der Waals surface area contributed by atoms with Crippen LogP contribution in [0.1, 0.15) is 54.3 Å². The van der Waals surface area contributed by atoms with E-state index in [2.05, 4.69) is 36.9 Å². The lowest BCUT2D eigenvalue weighted by molar-refractivity contribution is -0.141. The number of carboxylic acid groups (broad SMARTS) is 2. The van der Waals surface area contributed by atoms with Crippen LogP contribution in [0.15, 0.2) is 85.1 Å². The van der Waals surface area contributed by atoms with Gasteiger partial charge in [0.05, 0.1) is 6.42 Å². The van der Waals surface area contributed by atoms with Gasteiger partial charge in [-0.25, -0.2) is 0 Å². The van der Waals surface area contributed by atoms with E-state index < -0.39 is 110 Å². The molecule has 6 amide bonds. The van der Waals surface area contributed by atoms with Gasteiger partial charge in [0.1, 0.15) is 30.2 Å². The molecule has 0 radical (unpaired) electrons. The standard InChI is InChI=1S/C42H50N7O14P/c1-23(50)45-34(21-36(53)54)41(59)48-32(19-25-12-14-26(15-13-25)42(60)64(61,62)63)40(58)47-31(18-24-8-4-3-5-9-24)39(57)46-30(16-17-35(51)52)38(56)49-33(37(55)43-2)20-27-22-44-29-11-7-6-10-28(27)29/h3-15,22,30-34,42,44,60H,16-21H2,1-2H3,(H,43,55)(H,45,50)(H,46,57)(H,47,58)(H,48,59)(H,49,56)(H,51,52)(H,53,54)(H2,61,62,63)/t30-,31-,32-,33-,34-,42?/m0/s1. The van der Waals surface area contributed by atoms with Gasteiger partial charge >= 0.3 is 19.5 Å². The third kappa shape index (κ3) is 14.9. The van der Waals surface area contributed by atoms with E-state index in [0.29, 0.717) is 11.1 Å². The highest BCUT2D eigenvalue weighted by Crippen LogP contribution is 2.49. The Bertz CT molecular complexity index is 2350. The molecule has 0 aliphatic carbocycles. The topological polar surface area (TPSA) is 343 Å². The molecule has 3 aromatic carbocycles. The van der Waals surface area contributed by atoms with Gasteiger partial charge in [0.25, 0.3) is 0 Å². The highest BCUT2D eigenvalue weighted by atomic mass is 31.2. The number of aromatic amines is 1. The van der Waals surface area contributed by atoms with Crippen LogP contribution in [0.5, 0.6) is 0 Å². The van der Waals surface area contributed by atoms with Crippen molar-refractivity contribution in [3.63, 3.8) is 0 Å². The van der Waals surface area contributed by atoms with E-state index in [1.54, 1.807) is 42.6 Å². The Morgan fingerprint density at radius 1 is 0.609 bits per heavy atom. The molecule has 0 fully saturated rings. The van der Waals surface area contributed by atoms with Gasteiger partial charge in [-0.15, -0.1) is 0 Å². The van der Waals surface area contributed by atoms with Crippen molar-refractivity contribution in [1.29, 1.82) is 0 Å². The van der Waals surface area contributed by atoms with E-state index in [-0.39, 0.29) is 30.4 Å². The molecule has 1 aromatic heterocycles. The molecule has 0 spiro atoms. The molecule has 22 heteroatoms. The number of para-hydroxylation sites is 1. The predicted molar refractivity (Wildman–Crippen MR) is 228 cm³/mol. The number of amides is 6. The summed E-state index contributed by atoms with van der Waals surface area (Å²) >= 11 is 0. The zero-order valence-corrected chi connectivity index (χ0v) is 35.5. The van der Waals surface area contributed by atoms with Gasteiger partial charge in [-0.2, -0.15) is 0 Å². The van der Waals surface area contributed by atoms with Gasteiger partial charge in [-0.1, -0.05) is 72.8 Å². The summed E-state index contributed by atoms with van der Waals surface area (Å²) in [5.74, 6) is -10.3. The number of aliphatic hydroxyl groups excluding tert-OH is 1. The summed E-state index contributed by atoms with van der Waals surface area (Å²) in [5, 5.41) is 44.6. The lowest BCUT2D eigenvalue weighted by Crippen LogP contribution is -2.60. The summed E-state index contributed by atoms with van der Waals surface area (Å²) < 4.78 is 11.6. The quantitative estimate of drug-likeness (QED) is 0.0433. The molecule has 1 unspecified atom stereocenters. The van der Waals surface area contributed by atoms with Crippen molar-refractivity contribution in [3.05, 3.63) is 107 Å². The molecule has 0 bridgehead atoms.